The van der Waals surface area contributed by atoms with Crippen molar-refractivity contribution in [1.82, 2.24) is 0 Å². The van der Waals surface area contributed by atoms with Crippen molar-refractivity contribution < 1.29 is 19.3 Å². The van der Waals surface area contributed by atoms with Gasteiger partial charge < -0.3 is 19.3 Å². The second-order valence-corrected chi connectivity index (χ2v) is 5.95. The number of quaternary nitrogens is 2. The van der Waals surface area contributed by atoms with Gasteiger partial charge in [-0.2, -0.15) is 0 Å². The molecule has 0 aromatic heterocycles. The molecule has 0 unspecified atom stereocenters. The van der Waals surface area contributed by atoms with E-state index in [9.17, 15) is 0 Å². The minimum absolute atomic E-state index is 0.202. The first-order valence-corrected chi connectivity index (χ1v) is 7.90. The summed E-state index contributed by atoms with van der Waals surface area (Å²) in [6.45, 7) is 10.5. The van der Waals surface area contributed by atoms with E-state index < -0.39 is 0 Å². The summed E-state index contributed by atoms with van der Waals surface area (Å²) in [4.78, 5) is 3.43. The van der Waals surface area contributed by atoms with Crippen molar-refractivity contribution in [2.75, 3.05) is 45.9 Å². The van der Waals surface area contributed by atoms with E-state index >= 15 is 0 Å². The Morgan fingerprint density at radius 2 is 1.75 bits per heavy atom. The van der Waals surface area contributed by atoms with E-state index in [-0.39, 0.29) is 6.10 Å². The van der Waals surface area contributed by atoms with Gasteiger partial charge in [0.2, 0.25) is 0 Å². The highest BCUT2D eigenvalue weighted by Crippen LogP contribution is 2.30. The smallest absolute Gasteiger partial charge is 0.181 e. The van der Waals surface area contributed by atoms with Crippen LogP contribution in [0, 0.1) is 0 Å². The van der Waals surface area contributed by atoms with Crippen LogP contribution in [-0.2, 0) is 0 Å². The van der Waals surface area contributed by atoms with Crippen molar-refractivity contribution in [3.05, 3.63) is 24.3 Å². The molecule has 0 bridgehead atoms. The molecule has 0 spiro atoms. The third kappa shape index (κ3) is 3.25. The Labute approximate surface area is 121 Å². The molecule has 1 aromatic rings. The lowest BCUT2D eigenvalue weighted by Crippen LogP contribution is -3.28. The summed E-state index contributed by atoms with van der Waals surface area (Å²) in [5.41, 5.74) is 0. The molecule has 2 heterocycles. The number of ether oxygens (including phenoxy) is 2. The summed E-state index contributed by atoms with van der Waals surface area (Å²) < 4.78 is 11.9. The van der Waals surface area contributed by atoms with Crippen LogP contribution >= 0.6 is 0 Å². The van der Waals surface area contributed by atoms with Gasteiger partial charge in [0.05, 0.1) is 6.54 Å². The predicted molar refractivity (Wildman–Crippen MR) is 77.8 cm³/mol. The normalized spacial score (nSPS) is 29.1. The molecule has 2 aliphatic rings. The highest BCUT2D eigenvalue weighted by molar-refractivity contribution is 5.40. The van der Waals surface area contributed by atoms with Crippen LogP contribution in [0.25, 0.3) is 0 Å². The van der Waals surface area contributed by atoms with Gasteiger partial charge in [-0.3, -0.25) is 0 Å². The first-order chi connectivity index (χ1) is 9.85. The number of benzene rings is 1. The first-order valence-electron chi connectivity index (χ1n) is 7.90. The van der Waals surface area contributed by atoms with Gasteiger partial charge in [-0.15, -0.1) is 0 Å². The Hall–Kier alpha value is -1.26. The van der Waals surface area contributed by atoms with Crippen LogP contribution in [-0.4, -0.2) is 52.0 Å². The molecule has 1 aromatic carbocycles. The number of fused-ring (bicyclic) bond motifs is 1. The number of rotatable bonds is 4. The van der Waals surface area contributed by atoms with Crippen molar-refractivity contribution in [2.24, 2.45) is 0 Å². The number of nitrogens with one attached hydrogen (secondary N) is 2. The van der Waals surface area contributed by atoms with Gasteiger partial charge >= 0.3 is 0 Å². The average molecular weight is 278 g/mol. The van der Waals surface area contributed by atoms with Gasteiger partial charge in [0.1, 0.15) is 39.3 Å². The fourth-order valence-corrected chi connectivity index (χ4v) is 3.25. The molecule has 4 heteroatoms. The summed E-state index contributed by atoms with van der Waals surface area (Å²) in [6.07, 6.45) is 1.49. The van der Waals surface area contributed by atoms with E-state index in [0.29, 0.717) is 6.61 Å². The molecule has 20 heavy (non-hydrogen) atoms. The number of para-hydroxylation sites is 2. The van der Waals surface area contributed by atoms with Gasteiger partial charge in [0.15, 0.2) is 17.6 Å². The Balaban J connectivity index is 1.48. The van der Waals surface area contributed by atoms with Crippen LogP contribution in [0.15, 0.2) is 24.3 Å². The van der Waals surface area contributed by atoms with E-state index in [2.05, 4.69) is 6.92 Å². The molecule has 0 saturated carbocycles. The minimum Gasteiger partial charge on any atom is -0.486 e. The molecule has 1 atom stereocenters. The van der Waals surface area contributed by atoms with Crippen molar-refractivity contribution >= 4 is 0 Å². The molecule has 0 aliphatic carbocycles. The number of hydrogen-bond donors (Lipinski definition) is 2. The summed E-state index contributed by atoms with van der Waals surface area (Å²) in [5.74, 6) is 1.79. The quantitative estimate of drug-likeness (QED) is 0.741. The Bertz CT molecular complexity index is 430. The highest BCUT2D eigenvalue weighted by atomic mass is 16.6. The summed E-state index contributed by atoms with van der Waals surface area (Å²) in [5, 5.41) is 0. The van der Waals surface area contributed by atoms with Gasteiger partial charge in [-0.25, -0.2) is 0 Å². The van der Waals surface area contributed by atoms with E-state index in [1.807, 2.05) is 24.3 Å². The van der Waals surface area contributed by atoms with Gasteiger partial charge in [-0.05, 0) is 18.6 Å². The van der Waals surface area contributed by atoms with Crippen molar-refractivity contribution in [2.45, 2.75) is 19.4 Å². The topological polar surface area (TPSA) is 27.3 Å². The van der Waals surface area contributed by atoms with Crippen molar-refractivity contribution in [1.29, 1.82) is 0 Å². The van der Waals surface area contributed by atoms with Crippen LogP contribution < -0.4 is 19.3 Å². The highest BCUT2D eigenvalue weighted by Gasteiger charge is 2.28. The maximum Gasteiger partial charge on any atom is 0.181 e. The summed E-state index contributed by atoms with van der Waals surface area (Å²) in [7, 11) is 0. The summed E-state index contributed by atoms with van der Waals surface area (Å²) >= 11 is 0. The maximum absolute atomic E-state index is 6.06. The zero-order chi connectivity index (χ0) is 13.8. The van der Waals surface area contributed by atoms with Crippen LogP contribution in [0.4, 0.5) is 0 Å². The molecule has 0 amide bonds. The van der Waals surface area contributed by atoms with E-state index in [1.54, 1.807) is 9.80 Å². The zero-order valence-electron chi connectivity index (χ0n) is 12.4. The van der Waals surface area contributed by atoms with Gasteiger partial charge in [0.25, 0.3) is 0 Å². The second-order valence-electron chi connectivity index (χ2n) is 5.95. The lowest BCUT2D eigenvalue weighted by Gasteiger charge is -2.33. The molecule has 1 saturated heterocycles. The lowest BCUT2D eigenvalue weighted by molar-refractivity contribution is -1.01. The van der Waals surface area contributed by atoms with Crippen molar-refractivity contribution in [3.8, 4) is 11.5 Å². The monoisotopic (exact) mass is 278 g/mol. The van der Waals surface area contributed by atoms with Crippen LogP contribution in [0.5, 0.6) is 11.5 Å². The number of piperazine rings is 1. The molecule has 0 radical (unpaired) electrons. The van der Waals surface area contributed by atoms with Crippen LogP contribution in [0.2, 0.25) is 0 Å². The van der Waals surface area contributed by atoms with Crippen molar-refractivity contribution in [3.63, 3.8) is 0 Å². The molecule has 2 aliphatic heterocycles. The molecule has 2 N–H and O–H groups in total. The fourth-order valence-electron chi connectivity index (χ4n) is 3.25. The Morgan fingerprint density at radius 1 is 1.05 bits per heavy atom. The largest absolute Gasteiger partial charge is 0.486 e. The molecular weight excluding hydrogens is 252 g/mol. The fraction of sp³-hybridized carbons (Fsp3) is 0.625. The Kier molecular flexibility index (Phi) is 4.43. The third-order valence-electron chi connectivity index (χ3n) is 4.35. The SMILES string of the molecule is CCC[NH+]1CC[NH+](C[C@H]2COc3ccccc3O2)CC1. The standard InChI is InChI=1S/C16H24N2O2/c1-2-7-17-8-10-18(11-9-17)12-14-13-19-15-5-3-4-6-16(15)20-14/h3-6,14H,2,7-13H2,1H3/p+2/t14-/m0/s1. The molecule has 3 rings (SSSR count). The molecule has 110 valence electrons. The predicted octanol–water partition coefficient (Wildman–Crippen LogP) is -0.980. The zero-order valence-corrected chi connectivity index (χ0v) is 12.4. The van der Waals surface area contributed by atoms with Gasteiger partial charge in [-0.1, -0.05) is 19.1 Å². The van der Waals surface area contributed by atoms with E-state index in [0.717, 1.165) is 18.0 Å². The summed E-state index contributed by atoms with van der Waals surface area (Å²) in [6, 6.07) is 7.97. The molecule has 4 nitrogen and oxygen atoms in total. The van der Waals surface area contributed by atoms with Crippen LogP contribution in [0.1, 0.15) is 13.3 Å². The third-order valence-corrected chi connectivity index (χ3v) is 4.35. The first kappa shape index (κ1) is 13.7. The average Bonchev–Trinajstić information content (AvgIpc) is 2.49. The lowest BCUT2D eigenvalue weighted by atomic mass is 10.2. The maximum atomic E-state index is 6.06. The number of hydrogen-bond acceptors (Lipinski definition) is 2. The van der Waals surface area contributed by atoms with Crippen LogP contribution in [0.3, 0.4) is 0 Å². The Morgan fingerprint density at radius 3 is 2.50 bits per heavy atom. The minimum atomic E-state index is 0.202. The van der Waals surface area contributed by atoms with E-state index in [4.69, 9.17) is 9.47 Å². The second kappa shape index (κ2) is 6.46. The molecular formula is C16H26N2O2+2. The van der Waals surface area contributed by atoms with Gasteiger partial charge in [0, 0.05) is 0 Å². The molecule has 1 fully saturated rings. The van der Waals surface area contributed by atoms with E-state index in [1.165, 1.54) is 39.1 Å².